The van der Waals surface area contributed by atoms with E-state index >= 15 is 0 Å². The van der Waals surface area contributed by atoms with Gasteiger partial charge in [-0.1, -0.05) is 6.07 Å². The Bertz CT molecular complexity index is 1010. The average Bonchev–Trinajstić information content (AvgIpc) is 2.82. The van der Waals surface area contributed by atoms with E-state index in [-0.39, 0.29) is 17.0 Å². The van der Waals surface area contributed by atoms with Crippen molar-refractivity contribution < 1.29 is 12.8 Å². The van der Waals surface area contributed by atoms with Crippen molar-refractivity contribution in [2.45, 2.75) is 11.4 Å². The number of rotatable bonds is 4. The summed E-state index contributed by atoms with van der Waals surface area (Å²) in [5.74, 6) is -0.529. The molecule has 0 aliphatic carbocycles. The summed E-state index contributed by atoms with van der Waals surface area (Å²) in [7, 11) is -0.638. The number of benzene rings is 1. The molecule has 0 saturated carbocycles. The number of oxazole rings is 1. The van der Waals surface area contributed by atoms with Crippen LogP contribution in [0.4, 0.5) is 0 Å². The maximum Gasteiger partial charge on any atom is 0.419 e. The van der Waals surface area contributed by atoms with E-state index in [9.17, 15) is 13.2 Å². The maximum absolute atomic E-state index is 12.7. The van der Waals surface area contributed by atoms with Crippen LogP contribution in [0.15, 0.2) is 56.8 Å². The van der Waals surface area contributed by atoms with Gasteiger partial charge in [0.25, 0.3) is 0 Å². The van der Waals surface area contributed by atoms with Crippen LogP contribution in [0.3, 0.4) is 0 Å². The largest absolute Gasteiger partial charge is 0.419 e. The van der Waals surface area contributed by atoms with E-state index < -0.39 is 15.8 Å². The van der Waals surface area contributed by atoms with Crippen LogP contribution < -0.4 is 5.76 Å². The van der Waals surface area contributed by atoms with E-state index in [0.29, 0.717) is 5.52 Å². The number of nitrogens with zero attached hydrogens (tertiary/aromatic N) is 3. The molecule has 3 rings (SSSR count). The fourth-order valence-corrected chi connectivity index (χ4v) is 3.46. The Labute approximate surface area is 132 Å². The maximum atomic E-state index is 12.7. The summed E-state index contributed by atoms with van der Waals surface area (Å²) in [5, 5.41) is 0. The van der Waals surface area contributed by atoms with Gasteiger partial charge in [0, 0.05) is 39.1 Å². The predicted molar refractivity (Wildman–Crippen MR) is 84.3 cm³/mol. The third-order valence-corrected chi connectivity index (χ3v) is 5.40. The molecule has 3 aromatic rings. The second-order valence-corrected chi connectivity index (χ2v) is 7.22. The van der Waals surface area contributed by atoms with Crippen LogP contribution in [0, 0.1) is 0 Å². The van der Waals surface area contributed by atoms with Gasteiger partial charge in [0.2, 0.25) is 10.0 Å². The molecule has 23 heavy (non-hydrogen) atoms. The molecule has 2 aromatic heterocycles. The Morgan fingerprint density at radius 3 is 2.78 bits per heavy atom. The van der Waals surface area contributed by atoms with Crippen LogP contribution in [0.2, 0.25) is 0 Å². The first-order chi connectivity index (χ1) is 10.9. The molecule has 0 amide bonds. The summed E-state index contributed by atoms with van der Waals surface area (Å²) in [6, 6.07) is 7.95. The van der Waals surface area contributed by atoms with Gasteiger partial charge >= 0.3 is 5.76 Å². The molecule has 0 bridgehead atoms. The first-order valence-electron chi connectivity index (χ1n) is 6.84. The van der Waals surface area contributed by atoms with Gasteiger partial charge in [-0.25, -0.2) is 13.2 Å². The number of aromatic nitrogens is 2. The van der Waals surface area contributed by atoms with Crippen molar-refractivity contribution in [1.29, 1.82) is 0 Å². The summed E-state index contributed by atoms with van der Waals surface area (Å²) in [4.78, 5) is 15.6. The van der Waals surface area contributed by atoms with Crippen molar-refractivity contribution in [3.05, 3.63) is 58.8 Å². The molecule has 0 unspecified atom stereocenters. The van der Waals surface area contributed by atoms with E-state index in [2.05, 4.69) is 4.98 Å². The number of fused-ring (bicyclic) bond motifs is 1. The average molecular weight is 333 g/mol. The first-order valence-corrected chi connectivity index (χ1v) is 8.28. The molecule has 0 N–H and O–H groups in total. The third-order valence-electron chi connectivity index (χ3n) is 3.60. The zero-order valence-corrected chi connectivity index (χ0v) is 13.4. The lowest BCUT2D eigenvalue weighted by Crippen LogP contribution is -2.26. The number of sulfonamides is 1. The first kappa shape index (κ1) is 15.4. The Morgan fingerprint density at radius 1 is 1.30 bits per heavy atom. The Morgan fingerprint density at radius 2 is 2.09 bits per heavy atom. The van der Waals surface area contributed by atoms with Crippen LogP contribution in [-0.2, 0) is 23.6 Å². The normalized spacial score (nSPS) is 12.1. The quantitative estimate of drug-likeness (QED) is 0.719. The van der Waals surface area contributed by atoms with Gasteiger partial charge in [0.15, 0.2) is 5.58 Å². The lowest BCUT2D eigenvalue weighted by Gasteiger charge is -2.17. The Kier molecular flexibility index (Phi) is 3.78. The van der Waals surface area contributed by atoms with Crippen molar-refractivity contribution in [3.63, 3.8) is 0 Å². The highest BCUT2D eigenvalue weighted by molar-refractivity contribution is 7.89. The van der Waals surface area contributed by atoms with Crippen LogP contribution in [0.5, 0.6) is 0 Å². The molecule has 7 nitrogen and oxygen atoms in total. The lowest BCUT2D eigenvalue weighted by molar-refractivity contribution is 0.466. The minimum absolute atomic E-state index is 0.0748. The van der Waals surface area contributed by atoms with Gasteiger partial charge in [0.1, 0.15) is 0 Å². The number of aryl methyl sites for hydroxylation is 1. The van der Waals surface area contributed by atoms with E-state index in [4.69, 9.17) is 4.42 Å². The number of hydrogen-bond donors (Lipinski definition) is 0. The van der Waals surface area contributed by atoms with Gasteiger partial charge in [0.05, 0.1) is 10.4 Å². The molecule has 0 radical (unpaired) electrons. The van der Waals surface area contributed by atoms with E-state index in [0.717, 1.165) is 5.56 Å². The van der Waals surface area contributed by atoms with E-state index in [1.165, 1.54) is 28.1 Å². The molecule has 0 aliphatic heterocycles. The van der Waals surface area contributed by atoms with Gasteiger partial charge in [-0.15, -0.1) is 0 Å². The van der Waals surface area contributed by atoms with E-state index in [1.54, 1.807) is 37.6 Å². The van der Waals surface area contributed by atoms with Gasteiger partial charge < -0.3 is 4.42 Å². The Balaban J connectivity index is 1.97. The molecular weight excluding hydrogens is 318 g/mol. The van der Waals surface area contributed by atoms with Crippen molar-refractivity contribution in [2.24, 2.45) is 7.05 Å². The summed E-state index contributed by atoms with van der Waals surface area (Å²) >= 11 is 0. The van der Waals surface area contributed by atoms with Crippen LogP contribution in [0.1, 0.15) is 5.56 Å². The smallest absolute Gasteiger partial charge is 0.408 e. The fraction of sp³-hybridized carbons (Fsp3) is 0.200. The number of pyridine rings is 1. The minimum atomic E-state index is -3.70. The highest BCUT2D eigenvalue weighted by Gasteiger charge is 2.22. The summed E-state index contributed by atoms with van der Waals surface area (Å²) in [6.07, 6.45) is 3.24. The third kappa shape index (κ3) is 2.78. The number of hydrogen-bond acceptors (Lipinski definition) is 5. The molecule has 0 spiro atoms. The predicted octanol–water partition coefficient (Wildman–Crippen LogP) is 1.35. The Hall–Kier alpha value is -2.45. The van der Waals surface area contributed by atoms with E-state index in [1.807, 2.05) is 0 Å². The second-order valence-electron chi connectivity index (χ2n) is 5.18. The minimum Gasteiger partial charge on any atom is -0.408 e. The summed E-state index contributed by atoms with van der Waals surface area (Å²) in [5.41, 5.74) is 1.57. The molecule has 1 aromatic carbocycles. The fourth-order valence-electron chi connectivity index (χ4n) is 2.29. The van der Waals surface area contributed by atoms with Crippen LogP contribution in [-0.4, -0.2) is 29.3 Å². The van der Waals surface area contributed by atoms with Crippen LogP contribution in [0.25, 0.3) is 11.1 Å². The monoisotopic (exact) mass is 333 g/mol. The lowest BCUT2D eigenvalue weighted by atomic mass is 10.3. The summed E-state index contributed by atoms with van der Waals surface area (Å²) in [6.45, 7) is 0.201. The topological polar surface area (TPSA) is 85.4 Å². The summed E-state index contributed by atoms with van der Waals surface area (Å²) < 4.78 is 32.9. The van der Waals surface area contributed by atoms with Gasteiger partial charge in [-0.05, 0) is 23.8 Å². The zero-order valence-electron chi connectivity index (χ0n) is 12.6. The van der Waals surface area contributed by atoms with Gasteiger partial charge in [-0.2, -0.15) is 4.31 Å². The molecule has 0 saturated heterocycles. The SMILES string of the molecule is CN(Cc1cccnc1)S(=O)(=O)c1ccc2c(c1)oc(=O)n2C. The standard InChI is InChI=1S/C15H15N3O4S/c1-17(10-11-4-3-7-16-9-11)23(20,21)12-5-6-13-14(8-12)22-15(19)18(13)2/h3-9H,10H2,1-2H3. The van der Waals surface area contributed by atoms with Crippen molar-refractivity contribution >= 4 is 21.1 Å². The molecule has 0 atom stereocenters. The molecule has 8 heteroatoms. The van der Waals surface area contributed by atoms with Crippen LogP contribution >= 0.6 is 0 Å². The molecule has 0 aliphatic rings. The second kappa shape index (κ2) is 5.64. The van der Waals surface area contributed by atoms with Crippen molar-refractivity contribution in [1.82, 2.24) is 13.9 Å². The zero-order chi connectivity index (χ0) is 16.6. The molecular formula is C15H15N3O4S. The van der Waals surface area contributed by atoms with Gasteiger partial charge in [-0.3, -0.25) is 9.55 Å². The highest BCUT2D eigenvalue weighted by Crippen LogP contribution is 2.21. The molecule has 0 fully saturated rings. The van der Waals surface area contributed by atoms with Crippen molar-refractivity contribution in [2.75, 3.05) is 7.05 Å². The highest BCUT2D eigenvalue weighted by atomic mass is 32.2. The van der Waals surface area contributed by atoms with Crippen molar-refractivity contribution in [3.8, 4) is 0 Å². The molecule has 2 heterocycles. The molecule has 120 valence electrons.